The van der Waals surface area contributed by atoms with Crippen LogP contribution in [0.15, 0.2) is 63.2 Å². The zero-order chi connectivity index (χ0) is 32.8. The number of ether oxygens (including phenoxy) is 2. The van der Waals surface area contributed by atoms with Gasteiger partial charge in [-0.2, -0.15) is 5.09 Å². The van der Waals surface area contributed by atoms with Gasteiger partial charge in [-0.05, 0) is 54.1 Å². The summed E-state index contributed by atoms with van der Waals surface area (Å²) in [5.41, 5.74) is -1.08. The zero-order valence-electron chi connectivity index (χ0n) is 25.7. The second-order valence-corrected chi connectivity index (χ2v) is 14.1. The molecule has 0 amide bonds. The van der Waals surface area contributed by atoms with Crippen molar-refractivity contribution in [2.45, 2.75) is 83.0 Å². The number of carbonyl (C=O) groups excluding carboxylic acids is 1. The molecule has 3 N–H and O–H groups in total. The molecular weight excluding hydrogens is 681 g/mol. The molecule has 0 bridgehead atoms. The Morgan fingerprint density at radius 3 is 2.65 bits per heavy atom. The summed E-state index contributed by atoms with van der Waals surface area (Å²) in [5, 5.41) is 15.2. The maximum atomic E-state index is 14.6. The fraction of sp³-hybridized carbons (Fsp3) is 0.469. The minimum Gasteiger partial charge on any atom is -0.461 e. The molecular formula is C32H39BrN3O9P. The average Bonchev–Trinajstić information content (AvgIpc) is 3.40. The van der Waals surface area contributed by atoms with E-state index in [0.717, 1.165) is 37.5 Å². The number of aliphatic hydroxyl groups excluding tert-OH is 1. The van der Waals surface area contributed by atoms with Gasteiger partial charge in [0.15, 0.2) is 0 Å². The van der Waals surface area contributed by atoms with Crippen LogP contribution in [-0.4, -0.2) is 51.6 Å². The third-order valence-electron chi connectivity index (χ3n) is 8.18. The second kappa shape index (κ2) is 15.2. The Bertz CT molecular complexity index is 1710. The van der Waals surface area contributed by atoms with E-state index in [2.05, 4.69) is 26.0 Å². The molecule has 248 valence electrons. The quantitative estimate of drug-likeness (QED) is 0.164. The van der Waals surface area contributed by atoms with E-state index >= 15 is 0 Å². The Kier molecular flexibility index (Phi) is 11.3. The van der Waals surface area contributed by atoms with E-state index in [0.29, 0.717) is 5.39 Å². The summed E-state index contributed by atoms with van der Waals surface area (Å²) in [5.74, 6) is -0.609. The Hall–Kier alpha value is -3.06. The van der Waals surface area contributed by atoms with Crippen LogP contribution in [-0.2, 0) is 23.4 Å². The van der Waals surface area contributed by atoms with Crippen molar-refractivity contribution in [3.63, 3.8) is 0 Å². The van der Waals surface area contributed by atoms with E-state index in [-0.39, 0.29) is 29.8 Å². The third-order valence-corrected chi connectivity index (χ3v) is 9.97. The van der Waals surface area contributed by atoms with Crippen molar-refractivity contribution in [3.8, 4) is 5.75 Å². The number of nitrogens with one attached hydrogen (secondary N) is 2. The lowest BCUT2D eigenvalue weighted by Crippen LogP contribution is -2.43. The van der Waals surface area contributed by atoms with Crippen LogP contribution in [0.4, 0.5) is 0 Å². The fourth-order valence-electron chi connectivity index (χ4n) is 5.67. The molecule has 1 unspecified atom stereocenters. The predicted molar refractivity (Wildman–Crippen MR) is 177 cm³/mol. The number of benzene rings is 2. The molecule has 2 fully saturated rings. The molecule has 2 aromatic carbocycles. The van der Waals surface area contributed by atoms with Gasteiger partial charge in [0.1, 0.15) is 30.2 Å². The molecule has 0 radical (unpaired) electrons. The first-order valence-corrected chi connectivity index (χ1v) is 17.9. The van der Waals surface area contributed by atoms with Gasteiger partial charge in [-0.25, -0.2) is 9.36 Å². The van der Waals surface area contributed by atoms with E-state index in [1.54, 1.807) is 26.0 Å². The molecule has 2 aliphatic rings. The van der Waals surface area contributed by atoms with E-state index in [1.807, 2.05) is 30.3 Å². The first-order chi connectivity index (χ1) is 22.1. The normalized spacial score (nSPS) is 22.7. The summed E-state index contributed by atoms with van der Waals surface area (Å²) in [7, 11) is -4.34. The highest BCUT2D eigenvalue weighted by Gasteiger charge is 2.41. The molecule has 0 spiro atoms. The highest BCUT2D eigenvalue weighted by atomic mass is 79.9. The van der Waals surface area contributed by atoms with Gasteiger partial charge in [-0.1, -0.05) is 72.6 Å². The molecule has 1 saturated carbocycles. The highest BCUT2D eigenvalue weighted by molar-refractivity contribution is 9.11. The third kappa shape index (κ3) is 8.26. The van der Waals surface area contributed by atoms with Crippen molar-refractivity contribution in [1.82, 2.24) is 14.6 Å². The molecule has 2 heterocycles. The monoisotopic (exact) mass is 719 g/mol. The molecule has 5 atom stereocenters. The number of esters is 1. The Balaban J connectivity index is 1.38. The SMILES string of the molecule is CC(C)[C@H](NP(=O)(OC[C@H]1O[C@@H](n2cc(/C=C/Br)c(=O)[nH]c2=O)C[C@@H]1O)Oc1cccc2ccccc12)C(=O)OC1CCCCC1. The van der Waals surface area contributed by atoms with E-state index in [4.69, 9.17) is 18.5 Å². The van der Waals surface area contributed by atoms with Crippen molar-refractivity contribution >= 4 is 46.5 Å². The maximum Gasteiger partial charge on any atom is 0.459 e. The van der Waals surface area contributed by atoms with E-state index < -0.39 is 56.0 Å². The topological polar surface area (TPSA) is 158 Å². The molecule has 46 heavy (non-hydrogen) atoms. The average molecular weight is 721 g/mol. The molecule has 3 aromatic rings. The number of carbonyl (C=O) groups is 1. The van der Waals surface area contributed by atoms with Crippen molar-refractivity contribution in [3.05, 3.63) is 80.0 Å². The van der Waals surface area contributed by atoms with Crippen molar-refractivity contribution in [1.29, 1.82) is 0 Å². The Morgan fingerprint density at radius 1 is 1.17 bits per heavy atom. The minimum absolute atomic E-state index is 0.00167. The number of aromatic amines is 1. The first kappa shape index (κ1) is 34.3. The number of aliphatic hydroxyl groups is 1. The lowest BCUT2D eigenvalue weighted by molar-refractivity contribution is -0.153. The summed E-state index contributed by atoms with van der Waals surface area (Å²) in [4.78, 5) is 41.8. The van der Waals surface area contributed by atoms with Crippen molar-refractivity contribution in [2.24, 2.45) is 5.92 Å². The van der Waals surface area contributed by atoms with Crippen LogP contribution in [0.1, 0.15) is 64.2 Å². The molecule has 14 heteroatoms. The number of rotatable bonds is 12. The maximum absolute atomic E-state index is 14.6. The lowest BCUT2D eigenvalue weighted by atomic mass is 9.97. The largest absolute Gasteiger partial charge is 0.461 e. The molecule has 12 nitrogen and oxygen atoms in total. The van der Waals surface area contributed by atoms with Crippen LogP contribution in [0.25, 0.3) is 16.8 Å². The predicted octanol–water partition coefficient (Wildman–Crippen LogP) is 5.40. The zero-order valence-corrected chi connectivity index (χ0v) is 28.2. The van der Waals surface area contributed by atoms with Gasteiger partial charge in [0.2, 0.25) is 0 Å². The molecule has 1 saturated heterocycles. The second-order valence-electron chi connectivity index (χ2n) is 11.9. The van der Waals surface area contributed by atoms with Crippen LogP contribution in [0.5, 0.6) is 5.75 Å². The van der Waals surface area contributed by atoms with Gasteiger partial charge in [0, 0.05) is 18.0 Å². The minimum atomic E-state index is -4.34. The highest BCUT2D eigenvalue weighted by Crippen LogP contribution is 2.48. The smallest absolute Gasteiger partial charge is 0.459 e. The van der Waals surface area contributed by atoms with Crippen LogP contribution in [0.3, 0.4) is 0 Å². The Morgan fingerprint density at radius 2 is 1.91 bits per heavy atom. The van der Waals surface area contributed by atoms with Crippen molar-refractivity contribution in [2.75, 3.05) is 6.61 Å². The fourth-order valence-corrected chi connectivity index (χ4v) is 7.64. The summed E-state index contributed by atoms with van der Waals surface area (Å²) < 4.78 is 39.5. The summed E-state index contributed by atoms with van der Waals surface area (Å²) in [6.07, 6.45) is 4.16. The Labute approximate surface area is 274 Å². The van der Waals surface area contributed by atoms with Crippen molar-refractivity contribution < 1.29 is 33.0 Å². The summed E-state index contributed by atoms with van der Waals surface area (Å²) in [6.45, 7) is 3.20. The van der Waals surface area contributed by atoms with Gasteiger partial charge in [0.05, 0.1) is 18.3 Å². The van der Waals surface area contributed by atoms with Crippen LogP contribution < -0.4 is 20.9 Å². The number of H-pyrrole nitrogens is 1. The first-order valence-electron chi connectivity index (χ1n) is 15.4. The number of halogens is 1. The van der Waals surface area contributed by atoms with Gasteiger partial charge in [-0.15, -0.1) is 0 Å². The van der Waals surface area contributed by atoms with E-state index in [1.165, 1.54) is 21.8 Å². The summed E-state index contributed by atoms with van der Waals surface area (Å²) >= 11 is 3.12. The van der Waals surface area contributed by atoms with Gasteiger partial charge in [0.25, 0.3) is 5.56 Å². The number of aromatic nitrogens is 2. The van der Waals surface area contributed by atoms with Crippen LogP contribution in [0, 0.1) is 5.92 Å². The van der Waals surface area contributed by atoms with E-state index in [9.17, 15) is 24.1 Å². The van der Waals surface area contributed by atoms with Gasteiger partial charge in [-0.3, -0.25) is 23.7 Å². The molecule has 1 aliphatic carbocycles. The number of hydrogen-bond acceptors (Lipinski definition) is 9. The van der Waals surface area contributed by atoms with Gasteiger partial charge < -0.3 is 19.1 Å². The van der Waals surface area contributed by atoms with Crippen LogP contribution in [0.2, 0.25) is 0 Å². The summed E-state index contributed by atoms with van der Waals surface area (Å²) in [6, 6.07) is 11.7. The van der Waals surface area contributed by atoms with Gasteiger partial charge >= 0.3 is 19.4 Å². The standard InChI is InChI=1S/C32H39BrN3O9P/c1-20(2)29(31(39)43-23-11-4-3-5-12-23)35-46(41,45-26-14-8-10-21-9-6-7-13-24(21)26)42-19-27-25(37)17-28(44-27)36-18-22(15-16-33)30(38)34-32(36)40/h6-10,13-16,18,20,23,25,27-29,37H,3-5,11-12,17,19H2,1-2H3,(H,35,41)(H,34,38,40)/b16-15+/t25-,27+,28+,29-,46?/m0/s1. The number of nitrogens with zero attached hydrogens (tertiary/aromatic N) is 1. The lowest BCUT2D eigenvalue weighted by Gasteiger charge is -2.30. The number of hydrogen-bond donors (Lipinski definition) is 3. The molecule has 5 rings (SSSR count). The number of fused-ring (bicyclic) bond motifs is 1. The van der Waals surface area contributed by atoms with Crippen LogP contribution >= 0.6 is 23.7 Å². The molecule has 1 aliphatic heterocycles. The molecule has 1 aromatic heterocycles.